The minimum absolute atomic E-state index is 0.100. The quantitative estimate of drug-likeness (QED) is 0.852. The first kappa shape index (κ1) is 18.5. The van der Waals surface area contributed by atoms with Crippen molar-refractivity contribution in [3.63, 3.8) is 0 Å². The average molecular weight is 327 g/mol. The molecule has 1 unspecified atom stereocenters. The van der Waals surface area contributed by atoms with Gasteiger partial charge in [-0.15, -0.1) is 0 Å². The lowest BCUT2D eigenvalue weighted by atomic mass is 10.0. The molecule has 0 spiro atoms. The van der Waals surface area contributed by atoms with E-state index in [1.165, 1.54) is 0 Å². The van der Waals surface area contributed by atoms with Gasteiger partial charge in [-0.1, -0.05) is 0 Å². The number of nitrogens with one attached hydrogen (secondary N) is 1. The van der Waals surface area contributed by atoms with Crippen LogP contribution < -0.4 is 5.32 Å². The Morgan fingerprint density at radius 2 is 1.83 bits per heavy atom. The topological polar surface area (TPSA) is 54.0 Å². The fourth-order valence-corrected chi connectivity index (χ4v) is 3.09. The van der Waals surface area contributed by atoms with Crippen LogP contribution in [-0.4, -0.2) is 79.0 Å². The summed E-state index contributed by atoms with van der Waals surface area (Å²) in [6, 6.07) is 0.350. The number of likely N-dealkylation sites (tertiary alicyclic amines) is 1. The highest BCUT2D eigenvalue weighted by Gasteiger charge is 2.32. The van der Waals surface area contributed by atoms with Gasteiger partial charge < -0.3 is 19.7 Å². The fourth-order valence-electron chi connectivity index (χ4n) is 3.09. The van der Waals surface area contributed by atoms with E-state index in [1.807, 2.05) is 25.7 Å². The van der Waals surface area contributed by atoms with Gasteiger partial charge in [0, 0.05) is 44.3 Å². The summed E-state index contributed by atoms with van der Waals surface area (Å²) >= 11 is 0. The van der Waals surface area contributed by atoms with Crippen molar-refractivity contribution < 1.29 is 14.3 Å². The molecule has 0 aromatic carbocycles. The van der Waals surface area contributed by atoms with E-state index in [2.05, 4.69) is 24.1 Å². The van der Waals surface area contributed by atoms with Gasteiger partial charge in [0.05, 0.1) is 13.2 Å². The Morgan fingerprint density at radius 1 is 1.17 bits per heavy atom. The van der Waals surface area contributed by atoms with Crippen LogP contribution in [0.2, 0.25) is 0 Å². The van der Waals surface area contributed by atoms with E-state index in [9.17, 15) is 4.79 Å². The molecule has 0 aromatic heterocycles. The Balaban J connectivity index is 1.76. The third kappa shape index (κ3) is 5.62. The number of ether oxygens (including phenoxy) is 2. The second-order valence-electron chi connectivity index (χ2n) is 8.20. The summed E-state index contributed by atoms with van der Waals surface area (Å²) < 4.78 is 10.9. The first-order valence-corrected chi connectivity index (χ1v) is 8.71. The van der Waals surface area contributed by atoms with Gasteiger partial charge in [-0.3, -0.25) is 4.90 Å². The summed E-state index contributed by atoms with van der Waals surface area (Å²) in [5, 5.41) is 3.63. The Bertz CT molecular complexity index is 400. The predicted molar refractivity (Wildman–Crippen MR) is 90.7 cm³/mol. The maximum absolute atomic E-state index is 12.1. The van der Waals surface area contributed by atoms with Gasteiger partial charge in [0.15, 0.2) is 0 Å². The summed E-state index contributed by atoms with van der Waals surface area (Å²) in [5.74, 6) is 0. The van der Waals surface area contributed by atoms with Crippen molar-refractivity contribution in [3.8, 4) is 0 Å². The van der Waals surface area contributed by atoms with E-state index in [0.717, 1.165) is 52.4 Å². The molecule has 6 heteroatoms. The first-order chi connectivity index (χ1) is 10.7. The summed E-state index contributed by atoms with van der Waals surface area (Å²) in [7, 11) is 0. The number of hydrogen-bond acceptors (Lipinski definition) is 5. The van der Waals surface area contributed by atoms with Crippen LogP contribution in [0.3, 0.4) is 0 Å². The van der Waals surface area contributed by atoms with Crippen LogP contribution in [0.25, 0.3) is 0 Å². The smallest absolute Gasteiger partial charge is 0.410 e. The predicted octanol–water partition coefficient (Wildman–Crippen LogP) is 1.70. The number of rotatable bonds is 4. The molecule has 1 N–H and O–H groups in total. The number of amides is 1. The normalized spacial score (nSPS) is 24.0. The van der Waals surface area contributed by atoms with Crippen molar-refractivity contribution in [3.05, 3.63) is 0 Å². The SMILES string of the molecule is CC(C)(C)OC(=O)N1CCC(NCC(C)(C)N2CCOCC2)C1. The lowest BCUT2D eigenvalue weighted by Gasteiger charge is -2.41. The summed E-state index contributed by atoms with van der Waals surface area (Å²) in [6.07, 6.45) is 0.785. The van der Waals surface area contributed by atoms with Crippen LogP contribution in [0.1, 0.15) is 41.0 Å². The molecule has 0 radical (unpaired) electrons. The Hall–Kier alpha value is -0.850. The zero-order valence-corrected chi connectivity index (χ0v) is 15.4. The number of morpholine rings is 1. The van der Waals surface area contributed by atoms with Gasteiger partial charge >= 0.3 is 6.09 Å². The van der Waals surface area contributed by atoms with E-state index in [-0.39, 0.29) is 11.6 Å². The second kappa shape index (κ2) is 7.36. The Morgan fingerprint density at radius 3 is 2.43 bits per heavy atom. The molecule has 2 rings (SSSR count). The van der Waals surface area contributed by atoms with Crippen molar-refractivity contribution in [2.75, 3.05) is 45.9 Å². The molecule has 1 amide bonds. The maximum atomic E-state index is 12.1. The van der Waals surface area contributed by atoms with Crippen molar-refractivity contribution >= 4 is 6.09 Å². The average Bonchev–Trinajstić information content (AvgIpc) is 2.94. The molecule has 2 saturated heterocycles. The fraction of sp³-hybridized carbons (Fsp3) is 0.941. The molecule has 1 atom stereocenters. The molecule has 2 aliphatic rings. The molecule has 0 saturated carbocycles. The zero-order chi connectivity index (χ0) is 17.1. The third-order valence-electron chi connectivity index (χ3n) is 4.53. The highest BCUT2D eigenvalue weighted by molar-refractivity contribution is 5.68. The van der Waals surface area contributed by atoms with Crippen LogP contribution >= 0.6 is 0 Å². The number of carbonyl (C=O) groups is 1. The minimum atomic E-state index is -0.430. The minimum Gasteiger partial charge on any atom is -0.444 e. The standard InChI is InChI=1S/C17H33N3O3/c1-16(2,3)23-15(21)19-7-6-14(12-19)18-13-17(4,5)20-8-10-22-11-9-20/h14,18H,6-13H2,1-5H3. The molecule has 0 bridgehead atoms. The molecule has 134 valence electrons. The van der Waals surface area contributed by atoms with Crippen LogP contribution in [-0.2, 0) is 9.47 Å². The highest BCUT2D eigenvalue weighted by atomic mass is 16.6. The molecule has 23 heavy (non-hydrogen) atoms. The van der Waals surface area contributed by atoms with Gasteiger partial charge in [0.1, 0.15) is 5.60 Å². The first-order valence-electron chi connectivity index (χ1n) is 8.71. The van der Waals surface area contributed by atoms with Crippen molar-refractivity contribution in [2.24, 2.45) is 0 Å². The molecule has 2 fully saturated rings. The van der Waals surface area contributed by atoms with Crippen LogP contribution in [0.5, 0.6) is 0 Å². The maximum Gasteiger partial charge on any atom is 0.410 e. The van der Waals surface area contributed by atoms with E-state index in [0.29, 0.717) is 6.04 Å². The molecule has 0 aliphatic carbocycles. The monoisotopic (exact) mass is 327 g/mol. The van der Waals surface area contributed by atoms with E-state index in [4.69, 9.17) is 9.47 Å². The van der Waals surface area contributed by atoms with Crippen molar-refractivity contribution in [1.82, 2.24) is 15.1 Å². The molecule has 0 aromatic rings. The van der Waals surface area contributed by atoms with E-state index >= 15 is 0 Å². The van der Waals surface area contributed by atoms with Gasteiger partial charge in [-0.05, 0) is 41.0 Å². The molecular formula is C17H33N3O3. The summed E-state index contributed by atoms with van der Waals surface area (Å²) in [4.78, 5) is 16.4. The Kier molecular flexibility index (Phi) is 5.92. The highest BCUT2D eigenvalue weighted by Crippen LogP contribution is 2.18. The number of nitrogens with zero attached hydrogens (tertiary/aromatic N) is 2. The lowest BCUT2D eigenvalue weighted by Crippen LogP contribution is -2.56. The van der Waals surface area contributed by atoms with Crippen LogP contribution in [0.4, 0.5) is 4.79 Å². The van der Waals surface area contributed by atoms with Gasteiger partial charge in [-0.2, -0.15) is 0 Å². The van der Waals surface area contributed by atoms with Crippen LogP contribution in [0, 0.1) is 0 Å². The second-order valence-corrected chi connectivity index (χ2v) is 8.20. The van der Waals surface area contributed by atoms with Gasteiger partial charge in [-0.25, -0.2) is 4.79 Å². The summed E-state index contributed by atoms with van der Waals surface area (Å²) in [6.45, 7) is 16.3. The number of hydrogen-bond donors (Lipinski definition) is 1. The molecule has 2 aliphatic heterocycles. The van der Waals surface area contributed by atoms with Crippen LogP contribution in [0.15, 0.2) is 0 Å². The van der Waals surface area contributed by atoms with Gasteiger partial charge in [0.25, 0.3) is 0 Å². The molecular weight excluding hydrogens is 294 g/mol. The zero-order valence-electron chi connectivity index (χ0n) is 15.4. The third-order valence-corrected chi connectivity index (χ3v) is 4.53. The van der Waals surface area contributed by atoms with E-state index < -0.39 is 5.60 Å². The number of carbonyl (C=O) groups excluding carboxylic acids is 1. The van der Waals surface area contributed by atoms with Crippen molar-refractivity contribution in [1.29, 1.82) is 0 Å². The Labute approximate surface area is 140 Å². The molecule has 2 heterocycles. The lowest BCUT2D eigenvalue weighted by molar-refractivity contribution is -0.0103. The van der Waals surface area contributed by atoms with E-state index in [1.54, 1.807) is 0 Å². The molecule has 6 nitrogen and oxygen atoms in total. The summed E-state index contributed by atoms with van der Waals surface area (Å²) in [5.41, 5.74) is -0.329. The van der Waals surface area contributed by atoms with Crippen molar-refractivity contribution in [2.45, 2.75) is 58.2 Å². The largest absolute Gasteiger partial charge is 0.444 e. The van der Waals surface area contributed by atoms with Gasteiger partial charge in [0.2, 0.25) is 0 Å².